The van der Waals surface area contributed by atoms with Gasteiger partial charge in [-0.3, -0.25) is 9.78 Å². The normalized spacial score (nSPS) is 18.4. The quantitative estimate of drug-likeness (QED) is 0.764. The number of aromatic nitrogens is 2. The zero-order valence-corrected chi connectivity index (χ0v) is 17.2. The predicted octanol–water partition coefficient (Wildman–Crippen LogP) is 1.80. The molecule has 1 aliphatic heterocycles. The highest BCUT2D eigenvalue weighted by molar-refractivity contribution is 7.90. The highest BCUT2D eigenvalue weighted by atomic mass is 32.2. The van der Waals surface area contributed by atoms with Gasteiger partial charge in [0.15, 0.2) is 0 Å². The van der Waals surface area contributed by atoms with E-state index in [1.165, 1.54) is 0 Å². The van der Waals surface area contributed by atoms with Crippen LogP contribution in [0.25, 0.3) is 0 Å². The van der Waals surface area contributed by atoms with Crippen molar-refractivity contribution in [3.63, 3.8) is 0 Å². The molecule has 1 saturated heterocycles. The summed E-state index contributed by atoms with van der Waals surface area (Å²) in [6.45, 7) is 6.22. The molecule has 2 fully saturated rings. The fourth-order valence-electron chi connectivity index (χ4n) is 3.81. The summed E-state index contributed by atoms with van der Waals surface area (Å²) in [6, 6.07) is 7.74. The van der Waals surface area contributed by atoms with Crippen LogP contribution in [0.3, 0.4) is 0 Å². The lowest BCUT2D eigenvalue weighted by molar-refractivity contribution is 0.0697. The van der Waals surface area contributed by atoms with Crippen molar-refractivity contribution in [2.75, 3.05) is 26.2 Å². The Morgan fingerprint density at radius 3 is 2.46 bits per heavy atom. The summed E-state index contributed by atoms with van der Waals surface area (Å²) >= 11 is 0. The maximum Gasteiger partial charge on any atom is 0.255 e. The Morgan fingerprint density at radius 2 is 1.86 bits per heavy atom. The molecule has 0 bridgehead atoms. The van der Waals surface area contributed by atoms with E-state index in [4.69, 9.17) is 0 Å². The molecule has 3 heterocycles. The molecule has 0 atom stereocenters. The van der Waals surface area contributed by atoms with Gasteiger partial charge in [0.1, 0.15) is 0 Å². The molecule has 2 aromatic heterocycles. The smallest absolute Gasteiger partial charge is 0.255 e. The van der Waals surface area contributed by atoms with Crippen LogP contribution < -0.4 is 0 Å². The number of pyridine rings is 1. The third kappa shape index (κ3) is 3.58. The molecule has 1 aliphatic carbocycles. The molecular weight excluding hydrogens is 376 g/mol. The van der Waals surface area contributed by atoms with Gasteiger partial charge in [-0.05, 0) is 44.9 Å². The van der Waals surface area contributed by atoms with Gasteiger partial charge in [-0.15, -0.1) is 0 Å². The second-order valence-electron chi connectivity index (χ2n) is 7.63. The van der Waals surface area contributed by atoms with Gasteiger partial charge < -0.3 is 9.47 Å². The molecule has 2 aromatic rings. The summed E-state index contributed by atoms with van der Waals surface area (Å²) in [7, 11) is -3.16. The number of rotatable bonds is 5. The predicted molar refractivity (Wildman–Crippen MR) is 107 cm³/mol. The third-order valence-electron chi connectivity index (χ3n) is 5.68. The molecule has 0 N–H and O–H groups in total. The first-order valence-corrected chi connectivity index (χ1v) is 11.2. The molecule has 0 aromatic carbocycles. The average molecular weight is 403 g/mol. The van der Waals surface area contributed by atoms with Crippen molar-refractivity contribution in [2.45, 2.75) is 38.5 Å². The number of nitrogens with zero attached hydrogens (tertiary/aromatic N) is 4. The molecule has 150 valence electrons. The Morgan fingerprint density at radius 1 is 1.14 bits per heavy atom. The molecule has 7 nitrogen and oxygen atoms in total. The van der Waals surface area contributed by atoms with Crippen molar-refractivity contribution in [2.24, 2.45) is 0 Å². The van der Waals surface area contributed by atoms with Gasteiger partial charge in [0.2, 0.25) is 10.0 Å². The van der Waals surface area contributed by atoms with Gasteiger partial charge in [-0.1, -0.05) is 6.07 Å². The second kappa shape index (κ2) is 7.33. The number of hydrogen-bond acceptors (Lipinski definition) is 4. The molecule has 28 heavy (non-hydrogen) atoms. The highest BCUT2D eigenvalue weighted by Gasteiger charge is 2.41. The molecule has 8 heteroatoms. The molecule has 0 spiro atoms. The molecule has 4 rings (SSSR count). The lowest BCUT2D eigenvalue weighted by atomic mass is 10.2. The fraction of sp³-hybridized carbons (Fsp3) is 0.500. The van der Waals surface area contributed by atoms with Crippen molar-refractivity contribution in [1.82, 2.24) is 18.8 Å². The van der Waals surface area contributed by atoms with Gasteiger partial charge in [0.05, 0.1) is 23.1 Å². The molecular formula is C20H26N4O3S. The lowest BCUT2D eigenvalue weighted by Crippen LogP contribution is -2.51. The first kappa shape index (κ1) is 19.1. The Kier molecular flexibility index (Phi) is 5.01. The van der Waals surface area contributed by atoms with E-state index < -0.39 is 10.0 Å². The fourth-order valence-corrected chi connectivity index (χ4v) is 5.63. The van der Waals surface area contributed by atoms with Crippen LogP contribution in [0.4, 0.5) is 0 Å². The largest absolute Gasteiger partial charge is 0.342 e. The molecule has 2 aliphatic rings. The van der Waals surface area contributed by atoms with Crippen molar-refractivity contribution in [3.05, 3.63) is 53.1 Å². The Bertz CT molecular complexity index is 972. The number of carbonyl (C=O) groups excluding carboxylic acids is 1. The molecule has 0 radical (unpaired) electrons. The Hall–Kier alpha value is -2.19. The van der Waals surface area contributed by atoms with Crippen molar-refractivity contribution in [3.8, 4) is 0 Å². The van der Waals surface area contributed by atoms with Crippen LogP contribution >= 0.6 is 0 Å². The number of piperazine rings is 1. The van der Waals surface area contributed by atoms with E-state index in [9.17, 15) is 13.2 Å². The van der Waals surface area contributed by atoms with Crippen molar-refractivity contribution < 1.29 is 13.2 Å². The third-order valence-corrected chi connectivity index (χ3v) is 8.08. The van der Waals surface area contributed by atoms with Crippen LogP contribution in [0, 0.1) is 13.8 Å². The van der Waals surface area contributed by atoms with Crippen LogP contribution in [0.2, 0.25) is 0 Å². The van der Waals surface area contributed by atoms with E-state index in [1.54, 1.807) is 15.4 Å². The van der Waals surface area contributed by atoms with E-state index in [-0.39, 0.29) is 11.2 Å². The summed E-state index contributed by atoms with van der Waals surface area (Å²) in [5, 5.41) is -0.194. The van der Waals surface area contributed by atoms with Crippen molar-refractivity contribution in [1.29, 1.82) is 0 Å². The Labute approximate surface area is 166 Å². The summed E-state index contributed by atoms with van der Waals surface area (Å²) < 4.78 is 28.4. The zero-order chi connectivity index (χ0) is 19.9. The van der Waals surface area contributed by atoms with Gasteiger partial charge >= 0.3 is 0 Å². The number of hydrogen-bond donors (Lipinski definition) is 0. The summed E-state index contributed by atoms with van der Waals surface area (Å²) in [5.41, 5.74) is 3.57. The van der Waals surface area contributed by atoms with Crippen LogP contribution in [0.1, 0.15) is 40.3 Å². The SMILES string of the molecule is Cc1cc(C(=O)N2CCN(S(=O)(=O)C3CC3)CC2)c(C)n1Cc1ccccn1. The van der Waals surface area contributed by atoms with E-state index >= 15 is 0 Å². The maximum absolute atomic E-state index is 13.1. The van der Waals surface area contributed by atoms with Crippen LogP contribution in [-0.2, 0) is 16.6 Å². The number of amides is 1. The van der Waals surface area contributed by atoms with Crippen LogP contribution in [0.5, 0.6) is 0 Å². The first-order valence-electron chi connectivity index (χ1n) is 9.73. The van der Waals surface area contributed by atoms with Gasteiger partial charge in [0.25, 0.3) is 5.91 Å². The zero-order valence-electron chi connectivity index (χ0n) is 16.3. The van der Waals surface area contributed by atoms with Gasteiger partial charge in [0, 0.05) is 43.8 Å². The Balaban J connectivity index is 1.46. The van der Waals surface area contributed by atoms with E-state index in [0.29, 0.717) is 38.3 Å². The second-order valence-corrected chi connectivity index (χ2v) is 9.84. The first-order chi connectivity index (χ1) is 13.4. The number of aryl methyl sites for hydroxylation is 1. The van der Waals surface area contributed by atoms with Crippen molar-refractivity contribution >= 4 is 15.9 Å². The highest BCUT2D eigenvalue weighted by Crippen LogP contribution is 2.31. The summed E-state index contributed by atoms with van der Waals surface area (Å²) in [4.78, 5) is 19.2. The maximum atomic E-state index is 13.1. The monoisotopic (exact) mass is 402 g/mol. The lowest BCUT2D eigenvalue weighted by Gasteiger charge is -2.34. The molecule has 1 amide bonds. The minimum absolute atomic E-state index is 0.0242. The average Bonchev–Trinajstić information content (AvgIpc) is 3.52. The van der Waals surface area contributed by atoms with Gasteiger partial charge in [-0.2, -0.15) is 4.31 Å². The van der Waals surface area contributed by atoms with Gasteiger partial charge in [-0.25, -0.2) is 8.42 Å². The molecule has 1 saturated carbocycles. The van der Waals surface area contributed by atoms with Crippen LogP contribution in [0.15, 0.2) is 30.5 Å². The minimum Gasteiger partial charge on any atom is -0.342 e. The van der Waals surface area contributed by atoms with E-state index in [1.807, 2.05) is 38.1 Å². The van der Waals surface area contributed by atoms with E-state index in [2.05, 4.69) is 9.55 Å². The topological polar surface area (TPSA) is 75.5 Å². The standard InChI is InChI=1S/C20H26N4O3S/c1-15-13-19(16(2)24(15)14-17-5-3-4-8-21-17)20(25)22-9-11-23(12-10-22)28(26,27)18-6-7-18/h3-5,8,13,18H,6-7,9-12,14H2,1-2H3. The van der Waals surface area contributed by atoms with Crippen LogP contribution in [-0.4, -0.2) is 64.5 Å². The number of carbonyl (C=O) groups is 1. The minimum atomic E-state index is -3.16. The summed E-state index contributed by atoms with van der Waals surface area (Å²) in [6.07, 6.45) is 3.30. The molecule has 0 unspecified atom stereocenters. The number of sulfonamides is 1. The summed E-state index contributed by atoms with van der Waals surface area (Å²) in [5.74, 6) is -0.0242. The van der Waals surface area contributed by atoms with E-state index in [0.717, 1.165) is 29.9 Å².